The second-order valence-electron chi connectivity index (χ2n) is 5.34. The number of hydrogen-bond donors (Lipinski definition) is 1. The number of hydrogen-bond acceptors (Lipinski definition) is 1. The normalized spacial score (nSPS) is 21.1. The summed E-state index contributed by atoms with van der Waals surface area (Å²) < 4.78 is 13.0. The topological polar surface area (TPSA) is 12.0 Å². The molecule has 1 saturated heterocycles. The maximum atomic E-state index is 13.0. The Kier molecular flexibility index (Phi) is 4.54. The molecule has 2 heteroatoms. The maximum absolute atomic E-state index is 13.0. The lowest BCUT2D eigenvalue weighted by molar-refractivity contribution is 0.399. The Labute approximate surface area is 109 Å². The largest absolute Gasteiger partial charge is 0.314 e. The van der Waals surface area contributed by atoms with E-state index >= 15 is 0 Å². The van der Waals surface area contributed by atoms with Crippen LogP contribution in [-0.2, 0) is 0 Å². The Hall–Kier alpha value is -1.15. The van der Waals surface area contributed by atoms with Crippen LogP contribution in [0.15, 0.2) is 23.8 Å². The van der Waals surface area contributed by atoms with E-state index in [1.54, 1.807) is 6.07 Å². The molecule has 98 valence electrons. The fourth-order valence-electron chi connectivity index (χ4n) is 2.61. The molecule has 2 rings (SSSR count). The van der Waals surface area contributed by atoms with E-state index < -0.39 is 0 Å². The summed E-state index contributed by atoms with van der Waals surface area (Å²) in [6, 6.07) is 5.61. The fraction of sp³-hybridized carbons (Fsp3) is 0.500. The molecule has 0 saturated carbocycles. The quantitative estimate of drug-likeness (QED) is 0.849. The minimum atomic E-state index is -0.156. The van der Waals surface area contributed by atoms with Gasteiger partial charge in [0.25, 0.3) is 0 Å². The predicted octanol–water partition coefficient (Wildman–Crippen LogP) is 4.07. The molecule has 1 N–H and O–H groups in total. The number of rotatable bonds is 3. The molecule has 1 aromatic carbocycles. The molecule has 1 nitrogen and oxygen atoms in total. The van der Waals surface area contributed by atoms with Crippen LogP contribution >= 0.6 is 0 Å². The minimum Gasteiger partial charge on any atom is -0.314 e. The molecule has 0 amide bonds. The first-order valence-corrected chi connectivity index (χ1v) is 6.82. The molecule has 0 aliphatic carbocycles. The zero-order valence-corrected chi connectivity index (χ0v) is 11.3. The second-order valence-corrected chi connectivity index (χ2v) is 5.34. The van der Waals surface area contributed by atoms with Crippen molar-refractivity contribution in [3.63, 3.8) is 0 Å². The summed E-state index contributed by atoms with van der Waals surface area (Å²) in [5.41, 5.74) is 3.50. The number of benzene rings is 1. The van der Waals surface area contributed by atoms with Crippen molar-refractivity contribution in [3.05, 3.63) is 40.7 Å². The predicted molar refractivity (Wildman–Crippen MR) is 75.0 cm³/mol. The molecule has 0 radical (unpaired) electrons. The molecule has 1 aromatic rings. The molecular weight excluding hydrogens is 225 g/mol. The summed E-state index contributed by atoms with van der Waals surface area (Å²) in [5.74, 6) is -0.156. The van der Waals surface area contributed by atoms with Gasteiger partial charge in [-0.3, -0.25) is 0 Å². The molecule has 0 bridgehead atoms. The Morgan fingerprint density at radius 3 is 2.94 bits per heavy atom. The van der Waals surface area contributed by atoms with Gasteiger partial charge in [-0.25, -0.2) is 4.39 Å². The van der Waals surface area contributed by atoms with Crippen LogP contribution in [0.4, 0.5) is 4.39 Å². The van der Waals surface area contributed by atoms with Crippen molar-refractivity contribution < 1.29 is 4.39 Å². The first-order chi connectivity index (χ1) is 8.65. The highest BCUT2D eigenvalue weighted by atomic mass is 19.1. The first-order valence-electron chi connectivity index (χ1n) is 6.82. The van der Waals surface area contributed by atoms with Crippen LogP contribution < -0.4 is 5.32 Å². The van der Waals surface area contributed by atoms with Crippen molar-refractivity contribution in [2.45, 2.75) is 45.6 Å². The lowest BCUT2D eigenvalue weighted by Gasteiger charge is -2.23. The van der Waals surface area contributed by atoms with Gasteiger partial charge < -0.3 is 5.32 Å². The van der Waals surface area contributed by atoms with Crippen molar-refractivity contribution in [2.75, 3.05) is 6.54 Å². The van der Waals surface area contributed by atoms with Gasteiger partial charge in [-0.05, 0) is 62.9 Å². The highest BCUT2D eigenvalue weighted by Crippen LogP contribution is 2.19. The average Bonchev–Trinajstić information content (AvgIpc) is 2.34. The number of nitrogens with one attached hydrogen (secondary N) is 1. The highest BCUT2D eigenvalue weighted by Gasteiger charge is 2.12. The number of aryl methyl sites for hydroxylation is 1. The van der Waals surface area contributed by atoms with Crippen LogP contribution in [0.2, 0.25) is 0 Å². The second kappa shape index (κ2) is 6.14. The van der Waals surface area contributed by atoms with Gasteiger partial charge in [-0.1, -0.05) is 24.1 Å². The minimum absolute atomic E-state index is 0.156. The molecule has 1 unspecified atom stereocenters. The smallest absolute Gasteiger partial charge is 0.123 e. The lowest BCUT2D eigenvalue weighted by atomic mass is 9.96. The summed E-state index contributed by atoms with van der Waals surface area (Å²) >= 11 is 0. The Morgan fingerprint density at radius 1 is 1.44 bits per heavy atom. The molecule has 1 heterocycles. The number of halogens is 1. The number of piperidine rings is 1. The van der Waals surface area contributed by atoms with Crippen LogP contribution in [0.3, 0.4) is 0 Å². The Balaban J connectivity index is 2.02. The molecule has 0 aromatic heterocycles. The van der Waals surface area contributed by atoms with Crippen molar-refractivity contribution in [2.24, 2.45) is 0 Å². The van der Waals surface area contributed by atoms with Gasteiger partial charge in [0.15, 0.2) is 0 Å². The van der Waals surface area contributed by atoms with Crippen molar-refractivity contribution in [1.29, 1.82) is 0 Å². The van der Waals surface area contributed by atoms with E-state index in [1.807, 2.05) is 13.0 Å². The molecule has 1 atom stereocenters. The standard InChI is InChI=1S/C16H22FN/c1-12(10-16-5-3-4-8-18-16)9-14-6-7-15(17)11-13(14)2/h6-7,9,11,16,18H,3-5,8,10H2,1-2H3/b12-9-. The van der Waals surface area contributed by atoms with Gasteiger partial charge in [-0.2, -0.15) is 0 Å². The van der Waals surface area contributed by atoms with E-state index in [0.717, 1.165) is 24.1 Å². The van der Waals surface area contributed by atoms with E-state index in [1.165, 1.54) is 30.9 Å². The van der Waals surface area contributed by atoms with E-state index in [-0.39, 0.29) is 5.82 Å². The maximum Gasteiger partial charge on any atom is 0.123 e. The summed E-state index contributed by atoms with van der Waals surface area (Å²) in [6.07, 6.45) is 7.19. The van der Waals surface area contributed by atoms with E-state index in [9.17, 15) is 4.39 Å². The zero-order chi connectivity index (χ0) is 13.0. The molecule has 1 fully saturated rings. The molecule has 18 heavy (non-hydrogen) atoms. The third-order valence-corrected chi connectivity index (χ3v) is 3.61. The first kappa shape index (κ1) is 13.3. The summed E-state index contributed by atoms with van der Waals surface area (Å²) in [4.78, 5) is 0. The molecule has 1 aliphatic rings. The Morgan fingerprint density at radius 2 is 2.28 bits per heavy atom. The van der Waals surface area contributed by atoms with Crippen LogP contribution in [0.5, 0.6) is 0 Å². The van der Waals surface area contributed by atoms with Crippen molar-refractivity contribution in [1.82, 2.24) is 5.32 Å². The molecule has 1 aliphatic heterocycles. The zero-order valence-electron chi connectivity index (χ0n) is 11.3. The average molecular weight is 247 g/mol. The monoisotopic (exact) mass is 247 g/mol. The van der Waals surface area contributed by atoms with Crippen LogP contribution in [0.25, 0.3) is 6.08 Å². The molecular formula is C16H22FN. The highest BCUT2D eigenvalue weighted by molar-refractivity contribution is 5.56. The van der Waals surface area contributed by atoms with Crippen molar-refractivity contribution >= 4 is 6.08 Å². The summed E-state index contributed by atoms with van der Waals surface area (Å²) in [5, 5.41) is 3.56. The van der Waals surface area contributed by atoms with E-state index in [2.05, 4.69) is 18.3 Å². The van der Waals surface area contributed by atoms with Crippen molar-refractivity contribution in [3.8, 4) is 0 Å². The van der Waals surface area contributed by atoms with Crippen LogP contribution in [-0.4, -0.2) is 12.6 Å². The van der Waals surface area contributed by atoms with Gasteiger partial charge >= 0.3 is 0 Å². The van der Waals surface area contributed by atoms with Gasteiger partial charge in [0.1, 0.15) is 5.82 Å². The third-order valence-electron chi connectivity index (χ3n) is 3.61. The van der Waals surface area contributed by atoms with Gasteiger partial charge in [-0.15, -0.1) is 0 Å². The van der Waals surface area contributed by atoms with Gasteiger partial charge in [0.05, 0.1) is 0 Å². The summed E-state index contributed by atoms with van der Waals surface area (Å²) in [6.45, 7) is 5.27. The fourth-order valence-corrected chi connectivity index (χ4v) is 2.61. The van der Waals surface area contributed by atoms with Gasteiger partial charge in [0, 0.05) is 6.04 Å². The van der Waals surface area contributed by atoms with Gasteiger partial charge in [0.2, 0.25) is 0 Å². The third kappa shape index (κ3) is 3.67. The lowest BCUT2D eigenvalue weighted by Crippen LogP contribution is -2.33. The van der Waals surface area contributed by atoms with E-state index in [4.69, 9.17) is 0 Å². The van der Waals surface area contributed by atoms with Crippen LogP contribution in [0.1, 0.15) is 43.7 Å². The SMILES string of the molecule is C/C(=C/c1ccc(F)cc1C)CC1CCCCN1. The van der Waals surface area contributed by atoms with Crippen LogP contribution in [0, 0.1) is 12.7 Å². The van der Waals surface area contributed by atoms with E-state index in [0.29, 0.717) is 6.04 Å². The molecule has 0 spiro atoms. The Bertz CT molecular complexity index is 431. The summed E-state index contributed by atoms with van der Waals surface area (Å²) in [7, 11) is 0.